The number of esters is 1. The molecule has 6 heteroatoms. The van der Waals surface area contributed by atoms with Crippen LogP contribution in [0.4, 0.5) is 5.82 Å². The summed E-state index contributed by atoms with van der Waals surface area (Å²) in [5.41, 5.74) is 0.800. The topological polar surface area (TPSA) is 64.1 Å². The second-order valence-corrected chi connectivity index (χ2v) is 4.59. The van der Waals surface area contributed by atoms with Gasteiger partial charge in [0.25, 0.3) is 0 Å². The molecule has 0 saturated heterocycles. The third-order valence-electron chi connectivity index (χ3n) is 2.66. The maximum absolute atomic E-state index is 11.7. The predicted molar refractivity (Wildman–Crippen MR) is 70.7 cm³/mol. The molecule has 1 rings (SSSR count). The molecular formula is C12H18ClN3O2. The Morgan fingerprint density at radius 1 is 1.50 bits per heavy atom. The Hall–Kier alpha value is -1.36. The Morgan fingerprint density at radius 2 is 2.17 bits per heavy atom. The van der Waals surface area contributed by atoms with E-state index in [1.54, 1.807) is 0 Å². The van der Waals surface area contributed by atoms with Gasteiger partial charge in [0, 0.05) is 5.56 Å². The molecule has 0 aliphatic heterocycles. The van der Waals surface area contributed by atoms with Crippen LogP contribution in [0.15, 0.2) is 6.33 Å². The van der Waals surface area contributed by atoms with Crippen LogP contribution in [0.3, 0.4) is 0 Å². The molecule has 1 unspecified atom stereocenters. The van der Waals surface area contributed by atoms with Gasteiger partial charge >= 0.3 is 5.97 Å². The summed E-state index contributed by atoms with van der Waals surface area (Å²) in [5, 5.41) is 3.48. The molecule has 0 saturated carbocycles. The van der Waals surface area contributed by atoms with Crippen molar-refractivity contribution in [3.05, 3.63) is 17.0 Å². The Kier molecular flexibility index (Phi) is 5.34. The molecule has 0 aliphatic rings. The van der Waals surface area contributed by atoms with Crippen molar-refractivity contribution in [3.63, 3.8) is 0 Å². The molecule has 0 aliphatic carbocycles. The standard InChI is InChI=1S/C12H18ClN3O2/c1-5-8-10(13)14-6-15-11(8)16-9(7(2)3)12(17)18-4/h6-7,9H,5H2,1-4H3,(H,14,15,16). The van der Waals surface area contributed by atoms with E-state index in [1.165, 1.54) is 13.4 Å². The summed E-state index contributed by atoms with van der Waals surface area (Å²) < 4.78 is 4.77. The minimum atomic E-state index is -0.453. The maximum Gasteiger partial charge on any atom is 0.328 e. The molecule has 5 nitrogen and oxygen atoms in total. The van der Waals surface area contributed by atoms with Gasteiger partial charge in [0.05, 0.1) is 7.11 Å². The number of carbonyl (C=O) groups excluding carboxylic acids is 1. The normalized spacial score (nSPS) is 12.3. The van der Waals surface area contributed by atoms with Gasteiger partial charge in [-0.15, -0.1) is 0 Å². The first-order chi connectivity index (χ1) is 8.51. The SMILES string of the molecule is CCc1c(Cl)ncnc1NC(C(=O)OC)C(C)C. The Labute approximate surface area is 112 Å². The first-order valence-corrected chi connectivity index (χ1v) is 6.22. The number of rotatable bonds is 5. The average molecular weight is 272 g/mol. The van der Waals surface area contributed by atoms with Crippen LogP contribution in [-0.4, -0.2) is 29.1 Å². The molecule has 1 N–H and O–H groups in total. The second kappa shape index (κ2) is 6.54. The zero-order chi connectivity index (χ0) is 13.7. The van der Waals surface area contributed by atoms with Crippen LogP contribution in [0.5, 0.6) is 0 Å². The molecule has 100 valence electrons. The Morgan fingerprint density at radius 3 is 2.67 bits per heavy atom. The lowest BCUT2D eigenvalue weighted by molar-refractivity contribution is -0.142. The summed E-state index contributed by atoms with van der Waals surface area (Å²) in [5.74, 6) is 0.347. The van der Waals surface area contributed by atoms with E-state index in [0.717, 1.165) is 5.56 Å². The van der Waals surface area contributed by atoms with Crippen molar-refractivity contribution in [2.45, 2.75) is 33.2 Å². The summed E-state index contributed by atoms with van der Waals surface area (Å²) in [6.07, 6.45) is 2.06. The first kappa shape index (κ1) is 14.7. The van der Waals surface area contributed by atoms with E-state index in [-0.39, 0.29) is 11.9 Å². The van der Waals surface area contributed by atoms with E-state index >= 15 is 0 Å². The highest BCUT2D eigenvalue weighted by Gasteiger charge is 2.24. The third-order valence-corrected chi connectivity index (χ3v) is 2.99. The van der Waals surface area contributed by atoms with Gasteiger partial charge in [0.2, 0.25) is 0 Å². The van der Waals surface area contributed by atoms with Crippen LogP contribution < -0.4 is 5.32 Å². The van der Waals surface area contributed by atoms with Gasteiger partial charge in [-0.25, -0.2) is 14.8 Å². The van der Waals surface area contributed by atoms with E-state index < -0.39 is 6.04 Å². The van der Waals surface area contributed by atoms with Crippen LogP contribution >= 0.6 is 11.6 Å². The van der Waals surface area contributed by atoms with E-state index in [9.17, 15) is 4.79 Å². The van der Waals surface area contributed by atoms with Crippen molar-refractivity contribution in [1.82, 2.24) is 9.97 Å². The summed E-state index contributed by atoms with van der Waals surface area (Å²) in [7, 11) is 1.37. The van der Waals surface area contributed by atoms with E-state index in [2.05, 4.69) is 15.3 Å². The molecule has 1 atom stereocenters. The van der Waals surface area contributed by atoms with E-state index in [0.29, 0.717) is 17.4 Å². The minimum Gasteiger partial charge on any atom is -0.467 e. The van der Waals surface area contributed by atoms with Gasteiger partial charge in [-0.1, -0.05) is 32.4 Å². The third kappa shape index (κ3) is 3.32. The van der Waals surface area contributed by atoms with Gasteiger partial charge in [-0.3, -0.25) is 0 Å². The highest BCUT2D eigenvalue weighted by atomic mass is 35.5. The van der Waals surface area contributed by atoms with Crippen molar-refractivity contribution in [2.75, 3.05) is 12.4 Å². The average Bonchev–Trinajstić information content (AvgIpc) is 2.34. The van der Waals surface area contributed by atoms with Gasteiger partial charge in [-0.2, -0.15) is 0 Å². The van der Waals surface area contributed by atoms with Gasteiger partial charge in [0.1, 0.15) is 23.3 Å². The molecule has 1 aromatic rings. The number of halogens is 1. The number of ether oxygens (including phenoxy) is 1. The van der Waals surface area contributed by atoms with E-state index in [1.807, 2.05) is 20.8 Å². The predicted octanol–water partition coefficient (Wildman–Crippen LogP) is 2.30. The van der Waals surface area contributed by atoms with Crippen molar-refractivity contribution in [2.24, 2.45) is 5.92 Å². The van der Waals surface area contributed by atoms with Crippen molar-refractivity contribution in [1.29, 1.82) is 0 Å². The Bertz CT molecular complexity index is 424. The molecule has 0 aromatic carbocycles. The lowest BCUT2D eigenvalue weighted by Crippen LogP contribution is -2.36. The molecule has 0 spiro atoms. The zero-order valence-electron chi connectivity index (χ0n) is 11.0. The lowest BCUT2D eigenvalue weighted by atomic mass is 10.0. The molecule has 0 bridgehead atoms. The smallest absolute Gasteiger partial charge is 0.328 e. The van der Waals surface area contributed by atoms with E-state index in [4.69, 9.17) is 16.3 Å². The number of anilines is 1. The Balaban J connectivity index is 3.01. The lowest BCUT2D eigenvalue weighted by Gasteiger charge is -2.21. The fourth-order valence-corrected chi connectivity index (χ4v) is 1.87. The quantitative estimate of drug-likeness (QED) is 0.658. The summed E-state index contributed by atoms with van der Waals surface area (Å²) in [4.78, 5) is 19.7. The number of hydrogen-bond acceptors (Lipinski definition) is 5. The minimum absolute atomic E-state index is 0.0795. The number of methoxy groups -OCH3 is 1. The first-order valence-electron chi connectivity index (χ1n) is 5.85. The second-order valence-electron chi connectivity index (χ2n) is 4.23. The molecule has 18 heavy (non-hydrogen) atoms. The number of carbonyl (C=O) groups is 1. The molecule has 1 aromatic heterocycles. The summed E-state index contributed by atoms with van der Waals surface area (Å²) in [6.45, 7) is 5.82. The van der Waals surface area contributed by atoms with Gasteiger partial charge < -0.3 is 10.1 Å². The number of nitrogens with one attached hydrogen (secondary N) is 1. The maximum atomic E-state index is 11.7. The largest absolute Gasteiger partial charge is 0.467 e. The van der Waals surface area contributed by atoms with Crippen LogP contribution in [0.1, 0.15) is 26.3 Å². The molecule has 0 amide bonds. The van der Waals surface area contributed by atoms with Crippen LogP contribution in [0, 0.1) is 5.92 Å². The molecule has 0 fully saturated rings. The highest BCUT2D eigenvalue weighted by Crippen LogP contribution is 2.22. The van der Waals surface area contributed by atoms with Crippen LogP contribution in [0.2, 0.25) is 5.15 Å². The number of hydrogen-bond donors (Lipinski definition) is 1. The number of nitrogens with zero attached hydrogens (tertiary/aromatic N) is 2. The zero-order valence-corrected chi connectivity index (χ0v) is 11.8. The molecule has 0 radical (unpaired) electrons. The monoisotopic (exact) mass is 271 g/mol. The molecular weight excluding hydrogens is 254 g/mol. The van der Waals surface area contributed by atoms with Crippen molar-refractivity contribution < 1.29 is 9.53 Å². The fraction of sp³-hybridized carbons (Fsp3) is 0.583. The van der Waals surface area contributed by atoms with Gasteiger partial charge in [0.15, 0.2) is 0 Å². The molecule has 1 heterocycles. The van der Waals surface area contributed by atoms with Crippen LogP contribution in [0.25, 0.3) is 0 Å². The fourth-order valence-electron chi connectivity index (χ4n) is 1.60. The summed E-state index contributed by atoms with van der Waals surface area (Å²) >= 11 is 6.00. The van der Waals surface area contributed by atoms with Crippen LogP contribution in [-0.2, 0) is 16.0 Å². The van der Waals surface area contributed by atoms with Crippen molar-refractivity contribution in [3.8, 4) is 0 Å². The highest BCUT2D eigenvalue weighted by molar-refractivity contribution is 6.30. The number of aromatic nitrogens is 2. The van der Waals surface area contributed by atoms with Crippen molar-refractivity contribution >= 4 is 23.4 Å². The summed E-state index contributed by atoms with van der Waals surface area (Å²) in [6, 6.07) is -0.453. The van der Waals surface area contributed by atoms with Gasteiger partial charge in [-0.05, 0) is 12.3 Å².